The molecule has 0 aliphatic rings. The monoisotopic (exact) mass is 284 g/mol. The number of benzene rings is 1. The van der Waals surface area contributed by atoms with Crippen molar-refractivity contribution in [3.05, 3.63) is 34.9 Å². The SMILES string of the molecule is CC(=O)C(Sc1nc2ccccc2[nH]1)=C(C)O.Cl. The van der Waals surface area contributed by atoms with Crippen LogP contribution in [0.25, 0.3) is 11.0 Å². The van der Waals surface area contributed by atoms with E-state index in [1.54, 1.807) is 0 Å². The highest BCUT2D eigenvalue weighted by atomic mass is 35.5. The van der Waals surface area contributed by atoms with Gasteiger partial charge in [-0.25, -0.2) is 4.98 Å². The van der Waals surface area contributed by atoms with E-state index in [2.05, 4.69) is 9.97 Å². The zero-order valence-corrected chi connectivity index (χ0v) is 11.6. The molecule has 0 fully saturated rings. The lowest BCUT2D eigenvalue weighted by Crippen LogP contribution is -1.96. The number of imidazole rings is 1. The number of aliphatic hydroxyl groups is 1. The Morgan fingerprint density at radius 1 is 1.33 bits per heavy atom. The van der Waals surface area contributed by atoms with E-state index in [0.717, 1.165) is 22.8 Å². The summed E-state index contributed by atoms with van der Waals surface area (Å²) in [5, 5.41) is 10.0. The second-order valence-corrected chi connectivity index (χ2v) is 4.63. The Balaban J connectivity index is 0.00000162. The Morgan fingerprint density at radius 3 is 2.56 bits per heavy atom. The number of fused-ring (bicyclic) bond motifs is 1. The predicted octanol–water partition coefficient (Wildman–Crippen LogP) is 3.46. The third-order valence-corrected chi connectivity index (χ3v) is 3.39. The van der Waals surface area contributed by atoms with Gasteiger partial charge in [0, 0.05) is 0 Å². The van der Waals surface area contributed by atoms with Crippen molar-refractivity contribution in [1.29, 1.82) is 0 Å². The van der Waals surface area contributed by atoms with Crippen LogP contribution in [0.15, 0.2) is 40.1 Å². The first kappa shape index (κ1) is 14.6. The molecule has 0 unspecified atom stereocenters. The van der Waals surface area contributed by atoms with Gasteiger partial charge in [0.25, 0.3) is 0 Å². The summed E-state index contributed by atoms with van der Waals surface area (Å²) in [4.78, 5) is 19.1. The molecule has 1 aromatic heterocycles. The predicted molar refractivity (Wildman–Crippen MR) is 75.2 cm³/mol. The van der Waals surface area contributed by atoms with E-state index in [1.807, 2.05) is 24.3 Å². The standard InChI is InChI=1S/C12H12N2O2S.ClH/c1-7(15)11(8(2)16)17-12-13-9-5-3-4-6-10(9)14-12;/h3-6,15H,1-2H3,(H,13,14);1H. The largest absolute Gasteiger partial charge is 0.511 e. The van der Waals surface area contributed by atoms with Crippen molar-refractivity contribution in [3.8, 4) is 0 Å². The number of aromatic amines is 1. The molecule has 18 heavy (non-hydrogen) atoms. The van der Waals surface area contributed by atoms with Gasteiger partial charge in [0.2, 0.25) is 0 Å². The molecule has 96 valence electrons. The summed E-state index contributed by atoms with van der Waals surface area (Å²) in [6.07, 6.45) is 0. The van der Waals surface area contributed by atoms with Gasteiger partial charge in [-0.3, -0.25) is 4.79 Å². The van der Waals surface area contributed by atoms with E-state index in [-0.39, 0.29) is 23.9 Å². The fraction of sp³-hybridized carbons (Fsp3) is 0.167. The molecule has 0 aliphatic carbocycles. The number of halogens is 1. The number of carbonyl (C=O) groups is 1. The number of H-pyrrole nitrogens is 1. The van der Waals surface area contributed by atoms with Gasteiger partial charge in [-0.1, -0.05) is 12.1 Å². The minimum Gasteiger partial charge on any atom is -0.511 e. The lowest BCUT2D eigenvalue weighted by molar-refractivity contribution is -0.113. The number of hydrogen-bond acceptors (Lipinski definition) is 4. The summed E-state index contributed by atoms with van der Waals surface area (Å²) in [6.45, 7) is 2.91. The maximum absolute atomic E-state index is 11.3. The zero-order valence-electron chi connectivity index (χ0n) is 9.93. The fourth-order valence-corrected chi connectivity index (χ4v) is 2.26. The van der Waals surface area contributed by atoms with Crippen LogP contribution in [0.3, 0.4) is 0 Å². The number of carbonyl (C=O) groups excluding carboxylic acids is 1. The quantitative estimate of drug-likeness (QED) is 0.515. The van der Waals surface area contributed by atoms with Gasteiger partial charge in [-0.2, -0.15) is 0 Å². The Labute approximate surface area is 115 Å². The van der Waals surface area contributed by atoms with Crippen molar-refractivity contribution in [2.75, 3.05) is 0 Å². The Kier molecular flexibility index (Phi) is 4.81. The highest BCUT2D eigenvalue weighted by Gasteiger charge is 2.12. The average Bonchev–Trinajstić information content (AvgIpc) is 2.67. The number of allylic oxidation sites excluding steroid dienone is 2. The Bertz CT molecular complexity index is 570. The number of aromatic nitrogens is 2. The van der Waals surface area contributed by atoms with Gasteiger partial charge >= 0.3 is 0 Å². The smallest absolute Gasteiger partial charge is 0.171 e. The van der Waals surface area contributed by atoms with Crippen molar-refractivity contribution in [1.82, 2.24) is 9.97 Å². The summed E-state index contributed by atoms with van der Waals surface area (Å²) < 4.78 is 0. The van der Waals surface area contributed by atoms with Crippen molar-refractivity contribution in [3.63, 3.8) is 0 Å². The first-order chi connectivity index (χ1) is 8.08. The van der Waals surface area contributed by atoms with E-state index in [0.29, 0.717) is 10.1 Å². The van der Waals surface area contributed by atoms with Crippen LogP contribution in [0.5, 0.6) is 0 Å². The van der Waals surface area contributed by atoms with Gasteiger partial charge < -0.3 is 10.1 Å². The number of para-hydroxylation sites is 2. The minimum absolute atomic E-state index is 0. The van der Waals surface area contributed by atoms with Crippen LogP contribution in [0, 0.1) is 0 Å². The molecule has 6 heteroatoms. The molecule has 2 aromatic rings. The van der Waals surface area contributed by atoms with E-state index in [1.165, 1.54) is 13.8 Å². The van der Waals surface area contributed by atoms with E-state index < -0.39 is 0 Å². The third-order valence-electron chi connectivity index (χ3n) is 2.21. The van der Waals surface area contributed by atoms with Crippen LogP contribution in [0.1, 0.15) is 13.8 Å². The number of thioether (sulfide) groups is 1. The number of nitrogens with zero attached hydrogens (tertiary/aromatic N) is 1. The number of nitrogens with one attached hydrogen (secondary N) is 1. The van der Waals surface area contributed by atoms with Gasteiger partial charge in [0.05, 0.1) is 15.9 Å². The lowest BCUT2D eigenvalue weighted by atomic mass is 10.3. The lowest BCUT2D eigenvalue weighted by Gasteiger charge is -2.01. The van der Waals surface area contributed by atoms with Gasteiger partial charge in [0.1, 0.15) is 5.76 Å². The first-order valence-electron chi connectivity index (χ1n) is 5.11. The highest BCUT2D eigenvalue weighted by Crippen LogP contribution is 2.28. The third kappa shape index (κ3) is 3.05. The number of aliphatic hydroxyl groups excluding tert-OH is 1. The van der Waals surface area contributed by atoms with Gasteiger partial charge in [0.15, 0.2) is 10.9 Å². The van der Waals surface area contributed by atoms with Crippen molar-refractivity contribution in [2.24, 2.45) is 0 Å². The molecular formula is C12H13ClN2O2S. The summed E-state index contributed by atoms with van der Waals surface area (Å²) in [5.74, 6) is -0.154. The molecule has 0 saturated heterocycles. The van der Waals surface area contributed by atoms with Crippen LogP contribution in [-0.4, -0.2) is 20.9 Å². The normalized spacial score (nSPS) is 11.9. The molecule has 2 rings (SSSR count). The molecule has 0 radical (unpaired) electrons. The molecule has 4 nitrogen and oxygen atoms in total. The van der Waals surface area contributed by atoms with E-state index >= 15 is 0 Å². The van der Waals surface area contributed by atoms with Crippen LogP contribution in [-0.2, 0) is 4.79 Å². The van der Waals surface area contributed by atoms with Crippen LogP contribution in [0.4, 0.5) is 0 Å². The Hall–Kier alpha value is -1.46. The molecule has 0 bridgehead atoms. The molecule has 0 atom stereocenters. The molecule has 0 amide bonds. The molecule has 2 N–H and O–H groups in total. The number of Topliss-reactive ketones (excluding diaryl/α,β-unsaturated/α-hetero) is 1. The van der Waals surface area contributed by atoms with Crippen LogP contribution >= 0.6 is 24.2 Å². The second-order valence-electron chi connectivity index (χ2n) is 3.63. The Morgan fingerprint density at radius 2 is 2.00 bits per heavy atom. The van der Waals surface area contributed by atoms with Crippen molar-refractivity contribution < 1.29 is 9.90 Å². The topological polar surface area (TPSA) is 66.0 Å². The maximum Gasteiger partial charge on any atom is 0.171 e. The summed E-state index contributed by atoms with van der Waals surface area (Å²) in [5.41, 5.74) is 1.75. The molecule has 0 saturated carbocycles. The molecule has 1 aromatic carbocycles. The molecule has 0 spiro atoms. The van der Waals surface area contributed by atoms with Gasteiger partial charge in [-0.15, -0.1) is 12.4 Å². The fourth-order valence-electron chi connectivity index (χ4n) is 1.47. The number of hydrogen-bond donors (Lipinski definition) is 2. The first-order valence-corrected chi connectivity index (χ1v) is 5.93. The van der Waals surface area contributed by atoms with Crippen molar-refractivity contribution >= 4 is 41.0 Å². The average molecular weight is 285 g/mol. The zero-order chi connectivity index (χ0) is 12.4. The number of rotatable bonds is 3. The summed E-state index contributed by atoms with van der Waals surface area (Å²) in [7, 11) is 0. The summed E-state index contributed by atoms with van der Waals surface area (Å²) >= 11 is 1.14. The molecular weight excluding hydrogens is 272 g/mol. The minimum atomic E-state index is -0.171. The van der Waals surface area contributed by atoms with E-state index in [9.17, 15) is 9.90 Å². The number of ketones is 1. The molecule has 1 heterocycles. The maximum atomic E-state index is 11.3. The summed E-state index contributed by atoms with van der Waals surface area (Å²) in [6, 6.07) is 7.61. The van der Waals surface area contributed by atoms with Crippen LogP contribution in [0.2, 0.25) is 0 Å². The second kappa shape index (κ2) is 5.93. The van der Waals surface area contributed by atoms with E-state index in [4.69, 9.17) is 0 Å². The van der Waals surface area contributed by atoms with Crippen molar-refractivity contribution in [2.45, 2.75) is 19.0 Å². The highest BCUT2D eigenvalue weighted by molar-refractivity contribution is 8.03. The van der Waals surface area contributed by atoms with Gasteiger partial charge in [-0.05, 0) is 37.7 Å². The molecule has 0 aliphatic heterocycles. The van der Waals surface area contributed by atoms with Crippen LogP contribution < -0.4 is 0 Å².